The van der Waals surface area contributed by atoms with Crippen LogP contribution < -0.4 is 11.3 Å². The summed E-state index contributed by atoms with van der Waals surface area (Å²) in [6.45, 7) is 6.36. The smallest absolute Gasteiger partial charge is 0.168 e. The lowest BCUT2D eigenvalue weighted by atomic mass is 9.91. The number of fused-ring (bicyclic) bond motifs is 1. The SMILES string of the molecule is CCC(C(C)c1ccc2ncc(Br)cc2c1)n1nc(C)cc/c1=N/N. The van der Waals surface area contributed by atoms with Crippen molar-refractivity contribution in [1.29, 1.82) is 0 Å². The van der Waals surface area contributed by atoms with Crippen LogP contribution >= 0.6 is 15.9 Å². The number of hydrogen-bond donors (Lipinski definition) is 1. The second kappa shape index (κ2) is 7.35. The fourth-order valence-electron chi connectivity index (χ4n) is 3.24. The summed E-state index contributed by atoms with van der Waals surface area (Å²) in [6.07, 6.45) is 2.75. The summed E-state index contributed by atoms with van der Waals surface area (Å²) in [7, 11) is 0. The van der Waals surface area contributed by atoms with E-state index in [1.165, 1.54) is 5.56 Å². The molecule has 0 bridgehead atoms. The average molecular weight is 400 g/mol. The zero-order valence-electron chi connectivity index (χ0n) is 14.6. The summed E-state index contributed by atoms with van der Waals surface area (Å²) >= 11 is 3.50. The Morgan fingerprint density at radius 2 is 2.04 bits per heavy atom. The van der Waals surface area contributed by atoms with Crippen molar-refractivity contribution >= 4 is 26.8 Å². The molecule has 3 rings (SSSR count). The van der Waals surface area contributed by atoms with Crippen molar-refractivity contribution in [2.75, 3.05) is 0 Å². The number of hydrogen-bond acceptors (Lipinski definition) is 4. The molecule has 25 heavy (non-hydrogen) atoms. The molecule has 0 saturated heterocycles. The maximum Gasteiger partial charge on any atom is 0.168 e. The Morgan fingerprint density at radius 3 is 2.76 bits per heavy atom. The number of pyridine rings is 1. The first-order valence-electron chi connectivity index (χ1n) is 8.39. The standard InChI is InChI=1S/C19H22BrN5/c1-4-18(25-19(23-21)8-5-12(2)24-25)13(3)14-6-7-17-15(9-14)10-16(20)11-22-17/h5-11,13,18H,4,21H2,1-3H3/b23-19-. The zero-order chi connectivity index (χ0) is 18.0. The van der Waals surface area contributed by atoms with Crippen LogP contribution in [-0.4, -0.2) is 14.8 Å². The van der Waals surface area contributed by atoms with Gasteiger partial charge in [-0.2, -0.15) is 10.2 Å². The van der Waals surface area contributed by atoms with Gasteiger partial charge in [-0.15, -0.1) is 0 Å². The van der Waals surface area contributed by atoms with Crippen molar-refractivity contribution in [3.05, 3.63) is 63.8 Å². The van der Waals surface area contributed by atoms with Crippen molar-refractivity contribution in [2.45, 2.75) is 39.2 Å². The molecule has 2 aromatic heterocycles. The summed E-state index contributed by atoms with van der Waals surface area (Å²) in [5.41, 5.74) is 3.88. The highest BCUT2D eigenvalue weighted by atomic mass is 79.9. The van der Waals surface area contributed by atoms with E-state index in [0.29, 0.717) is 5.49 Å². The third kappa shape index (κ3) is 3.58. The van der Waals surface area contributed by atoms with Crippen LogP contribution in [0.25, 0.3) is 10.9 Å². The fourth-order valence-corrected chi connectivity index (χ4v) is 3.59. The predicted molar refractivity (Wildman–Crippen MR) is 104 cm³/mol. The van der Waals surface area contributed by atoms with E-state index in [1.54, 1.807) is 0 Å². The summed E-state index contributed by atoms with van der Waals surface area (Å²) in [4.78, 5) is 4.45. The molecule has 0 spiro atoms. The van der Waals surface area contributed by atoms with Crippen LogP contribution in [0.5, 0.6) is 0 Å². The van der Waals surface area contributed by atoms with E-state index < -0.39 is 0 Å². The second-order valence-corrected chi connectivity index (χ2v) is 7.19. The molecule has 0 radical (unpaired) electrons. The molecule has 1 aromatic carbocycles. The van der Waals surface area contributed by atoms with Crippen molar-refractivity contribution in [2.24, 2.45) is 10.9 Å². The predicted octanol–water partition coefficient (Wildman–Crippen LogP) is 4.03. The molecule has 2 atom stereocenters. The van der Waals surface area contributed by atoms with E-state index in [-0.39, 0.29) is 12.0 Å². The molecule has 0 aliphatic carbocycles. The largest absolute Gasteiger partial charge is 0.321 e. The molecule has 3 aromatic rings. The number of nitrogens with zero attached hydrogens (tertiary/aromatic N) is 4. The molecule has 5 nitrogen and oxygen atoms in total. The minimum atomic E-state index is 0.166. The van der Waals surface area contributed by atoms with Crippen molar-refractivity contribution in [1.82, 2.24) is 14.8 Å². The summed E-state index contributed by atoms with van der Waals surface area (Å²) in [6, 6.07) is 12.5. The molecule has 6 heteroatoms. The number of aromatic nitrogens is 3. The van der Waals surface area contributed by atoms with Gasteiger partial charge >= 0.3 is 0 Å². The van der Waals surface area contributed by atoms with Gasteiger partial charge in [0.2, 0.25) is 0 Å². The van der Waals surface area contributed by atoms with Gasteiger partial charge in [0.05, 0.1) is 17.3 Å². The summed E-state index contributed by atoms with van der Waals surface area (Å²) < 4.78 is 2.93. The minimum Gasteiger partial charge on any atom is -0.321 e. The molecule has 2 heterocycles. The third-order valence-electron chi connectivity index (χ3n) is 4.61. The van der Waals surface area contributed by atoms with Crippen molar-refractivity contribution in [3.63, 3.8) is 0 Å². The Labute approximate surface area is 155 Å². The lowest BCUT2D eigenvalue weighted by Gasteiger charge is -2.25. The summed E-state index contributed by atoms with van der Waals surface area (Å²) in [5.74, 6) is 5.83. The molecule has 0 saturated carbocycles. The lowest BCUT2D eigenvalue weighted by Crippen LogP contribution is -2.31. The number of aryl methyl sites for hydroxylation is 1. The topological polar surface area (TPSA) is 69.1 Å². The molecule has 130 valence electrons. The quantitative estimate of drug-likeness (QED) is 0.531. The maximum absolute atomic E-state index is 5.57. The molecule has 0 amide bonds. The first-order chi connectivity index (χ1) is 12.0. The minimum absolute atomic E-state index is 0.166. The van der Waals surface area contributed by atoms with Gasteiger partial charge in [-0.1, -0.05) is 19.9 Å². The first kappa shape index (κ1) is 17.6. The molecule has 0 fully saturated rings. The lowest BCUT2D eigenvalue weighted by molar-refractivity contribution is 0.360. The van der Waals surface area contributed by atoms with Gasteiger partial charge in [0, 0.05) is 22.0 Å². The van der Waals surface area contributed by atoms with Crippen LogP contribution in [0.4, 0.5) is 0 Å². The van der Waals surface area contributed by atoms with Gasteiger partial charge in [-0.3, -0.25) is 4.98 Å². The Bertz CT molecular complexity index is 963. The average Bonchev–Trinajstić information content (AvgIpc) is 2.61. The molecular weight excluding hydrogens is 378 g/mol. The van der Waals surface area contributed by atoms with Gasteiger partial charge in [0.25, 0.3) is 0 Å². The Balaban J connectivity index is 2.06. The number of rotatable bonds is 4. The monoisotopic (exact) mass is 399 g/mol. The van der Waals surface area contributed by atoms with Gasteiger partial charge < -0.3 is 5.84 Å². The van der Waals surface area contributed by atoms with E-state index >= 15 is 0 Å². The Hall–Kier alpha value is -2.21. The Morgan fingerprint density at radius 1 is 1.24 bits per heavy atom. The van der Waals surface area contributed by atoms with E-state index in [2.05, 4.69) is 69.2 Å². The summed E-state index contributed by atoms with van der Waals surface area (Å²) in [5, 5.41) is 9.69. The van der Waals surface area contributed by atoms with Crippen LogP contribution in [-0.2, 0) is 0 Å². The van der Waals surface area contributed by atoms with E-state index in [4.69, 9.17) is 5.84 Å². The zero-order valence-corrected chi connectivity index (χ0v) is 16.2. The second-order valence-electron chi connectivity index (χ2n) is 6.28. The van der Waals surface area contributed by atoms with Crippen LogP contribution in [0.3, 0.4) is 0 Å². The first-order valence-corrected chi connectivity index (χ1v) is 9.18. The van der Waals surface area contributed by atoms with Crippen molar-refractivity contribution < 1.29 is 0 Å². The molecule has 2 unspecified atom stereocenters. The number of halogens is 1. The molecule has 0 aliphatic rings. The number of benzene rings is 1. The maximum atomic E-state index is 5.57. The van der Waals surface area contributed by atoms with E-state index in [1.807, 2.05) is 29.9 Å². The van der Waals surface area contributed by atoms with Crippen LogP contribution in [0.15, 0.2) is 52.2 Å². The fraction of sp³-hybridized carbons (Fsp3) is 0.316. The highest BCUT2D eigenvalue weighted by Gasteiger charge is 2.21. The highest BCUT2D eigenvalue weighted by Crippen LogP contribution is 2.31. The van der Waals surface area contributed by atoms with Crippen LogP contribution in [0.1, 0.15) is 43.5 Å². The molecule has 0 aliphatic heterocycles. The molecule has 2 N–H and O–H groups in total. The van der Waals surface area contributed by atoms with E-state index in [0.717, 1.165) is 27.5 Å². The van der Waals surface area contributed by atoms with Crippen LogP contribution in [0, 0.1) is 6.92 Å². The van der Waals surface area contributed by atoms with Gasteiger partial charge in [0.1, 0.15) is 0 Å². The molecular formula is C19H22BrN5. The van der Waals surface area contributed by atoms with Crippen LogP contribution in [0.2, 0.25) is 0 Å². The number of nitrogens with two attached hydrogens (primary N) is 1. The normalized spacial score (nSPS) is 14.6. The van der Waals surface area contributed by atoms with E-state index in [9.17, 15) is 0 Å². The highest BCUT2D eigenvalue weighted by molar-refractivity contribution is 9.10. The third-order valence-corrected chi connectivity index (χ3v) is 5.05. The van der Waals surface area contributed by atoms with Gasteiger partial charge in [-0.05, 0) is 65.2 Å². The Kier molecular flexibility index (Phi) is 5.18. The van der Waals surface area contributed by atoms with Gasteiger partial charge in [-0.25, -0.2) is 4.68 Å². The van der Waals surface area contributed by atoms with Crippen molar-refractivity contribution in [3.8, 4) is 0 Å². The van der Waals surface area contributed by atoms with Gasteiger partial charge in [0.15, 0.2) is 5.49 Å².